The molecule has 0 aliphatic carbocycles. The first kappa shape index (κ1) is 14.6. The number of thioether (sulfide) groups is 1. The Labute approximate surface area is 136 Å². The van der Waals surface area contributed by atoms with Crippen LogP contribution in [0.5, 0.6) is 0 Å². The van der Waals surface area contributed by atoms with Gasteiger partial charge in [-0.2, -0.15) is 11.8 Å². The lowest BCUT2D eigenvalue weighted by molar-refractivity contribution is 0.103. The Hall–Kier alpha value is -1.37. The summed E-state index contributed by atoms with van der Waals surface area (Å²) >= 11 is 8.47. The molecular formula is C15H14N2OS3. The van der Waals surface area contributed by atoms with Gasteiger partial charge in [-0.1, -0.05) is 24.4 Å². The molecule has 3 rings (SSSR count). The minimum atomic E-state index is -0.0699. The number of anilines is 1. The van der Waals surface area contributed by atoms with E-state index in [-0.39, 0.29) is 5.91 Å². The highest BCUT2D eigenvalue weighted by molar-refractivity contribution is 7.98. The summed E-state index contributed by atoms with van der Waals surface area (Å²) in [5.41, 5.74) is 8.38. The molecule has 0 atom stereocenters. The number of thiophene rings is 1. The average Bonchev–Trinajstić information content (AvgIpc) is 2.91. The predicted octanol–water partition coefficient (Wildman–Crippen LogP) is 3.42. The zero-order chi connectivity index (χ0) is 14.8. The highest BCUT2D eigenvalue weighted by Gasteiger charge is 2.17. The van der Waals surface area contributed by atoms with E-state index in [1.165, 1.54) is 10.4 Å². The van der Waals surface area contributed by atoms with E-state index in [2.05, 4.69) is 5.32 Å². The summed E-state index contributed by atoms with van der Waals surface area (Å²) in [6, 6.07) is 9.31. The fraction of sp³-hybridized carbons (Fsp3) is 0.200. The molecule has 0 fully saturated rings. The summed E-state index contributed by atoms with van der Waals surface area (Å²) in [5, 5.41) is 2.91. The molecule has 108 valence electrons. The van der Waals surface area contributed by atoms with Gasteiger partial charge in [0.2, 0.25) is 0 Å². The minimum Gasteiger partial charge on any atom is -0.389 e. The maximum Gasteiger partial charge on any atom is 0.265 e. The largest absolute Gasteiger partial charge is 0.389 e. The summed E-state index contributed by atoms with van der Waals surface area (Å²) in [6.45, 7) is 0. The van der Waals surface area contributed by atoms with E-state index >= 15 is 0 Å². The zero-order valence-corrected chi connectivity index (χ0v) is 13.7. The Morgan fingerprint density at radius 1 is 1.33 bits per heavy atom. The molecule has 0 saturated carbocycles. The molecule has 3 N–H and O–H groups in total. The predicted molar refractivity (Wildman–Crippen MR) is 94.5 cm³/mol. The van der Waals surface area contributed by atoms with Crippen molar-refractivity contribution in [2.45, 2.75) is 12.2 Å². The third-order valence-electron chi connectivity index (χ3n) is 3.26. The number of hydrogen-bond acceptors (Lipinski definition) is 4. The van der Waals surface area contributed by atoms with Crippen molar-refractivity contribution in [3.8, 4) is 0 Å². The Morgan fingerprint density at radius 2 is 2.19 bits per heavy atom. The molecule has 21 heavy (non-hydrogen) atoms. The minimum absolute atomic E-state index is 0.0699. The lowest BCUT2D eigenvalue weighted by Gasteiger charge is -2.08. The van der Waals surface area contributed by atoms with Gasteiger partial charge in [-0.05, 0) is 35.9 Å². The number of benzene rings is 1. The lowest BCUT2D eigenvalue weighted by atomic mass is 10.2. The van der Waals surface area contributed by atoms with Crippen molar-refractivity contribution in [3.63, 3.8) is 0 Å². The van der Waals surface area contributed by atoms with Crippen molar-refractivity contribution in [1.29, 1.82) is 0 Å². The lowest BCUT2D eigenvalue weighted by Crippen LogP contribution is -2.13. The molecule has 1 aromatic carbocycles. The molecule has 0 bridgehead atoms. The molecular weight excluding hydrogens is 320 g/mol. The second-order valence-corrected chi connectivity index (χ2v) is 7.44. The summed E-state index contributed by atoms with van der Waals surface area (Å²) in [4.78, 5) is 14.8. The van der Waals surface area contributed by atoms with E-state index in [4.69, 9.17) is 18.0 Å². The van der Waals surface area contributed by atoms with Crippen molar-refractivity contribution in [2.75, 3.05) is 11.1 Å². The van der Waals surface area contributed by atoms with E-state index in [1.807, 2.05) is 36.0 Å². The molecule has 1 aliphatic rings. The summed E-state index contributed by atoms with van der Waals surface area (Å²) in [7, 11) is 0. The van der Waals surface area contributed by atoms with Gasteiger partial charge in [0, 0.05) is 21.9 Å². The first-order chi connectivity index (χ1) is 10.1. The number of carbonyl (C=O) groups excluding carboxylic acids is 1. The fourth-order valence-corrected chi connectivity index (χ4v) is 4.60. The van der Waals surface area contributed by atoms with Gasteiger partial charge in [-0.15, -0.1) is 11.3 Å². The Morgan fingerprint density at radius 3 is 2.95 bits per heavy atom. The maximum absolute atomic E-state index is 12.3. The molecule has 0 saturated heterocycles. The van der Waals surface area contributed by atoms with Crippen LogP contribution in [0.4, 0.5) is 5.69 Å². The number of thiocarbonyl (C=S) groups is 1. The Kier molecular flexibility index (Phi) is 4.28. The van der Waals surface area contributed by atoms with Crippen LogP contribution in [0.15, 0.2) is 30.3 Å². The highest BCUT2D eigenvalue weighted by Crippen LogP contribution is 2.32. The molecule has 3 nitrogen and oxygen atoms in total. The molecule has 2 aromatic rings. The molecule has 1 amide bonds. The van der Waals surface area contributed by atoms with Gasteiger partial charge in [-0.25, -0.2) is 0 Å². The standard InChI is InChI=1S/C15H14N2OS3/c16-14(19)9-2-1-3-11(6-9)17-15(18)13-7-10-8-20-5-4-12(10)21-13/h1-3,6-7H,4-5,8H2,(H2,16,19)(H,17,18). The number of amides is 1. The van der Waals surface area contributed by atoms with Crippen molar-refractivity contribution in [3.05, 3.63) is 51.2 Å². The van der Waals surface area contributed by atoms with E-state index in [9.17, 15) is 4.79 Å². The highest BCUT2D eigenvalue weighted by atomic mass is 32.2. The van der Waals surface area contributed by atoms with Crippen LogP contribution >= 0.6 is 35.3 Å². The van der Waals surface area contributed by atoms with Gasteiger partial charge in [0.25, 0.3) is 5.91 Å². The molecule has 0 radical (unpaired) electrons. The first-order valence-electron chi connectivity index (χ1n) is 6.54. The number of hydrogen-bond donors (Lipinski definition) is 2. The van der Waals surface area contributed by atoms with Crippen LogP contribution in [0.1, 0.15) is 25.7 Å². The number of carbonyl (C=O) groups is 1. The second kappa shape index (κ2) is 6.17. The van der Waals surface area contributed by atoms with Crippen LogP contribution in [0, 0.1) is 0 Å². The molecule has 2 heterocycles. The van der Waals surface area contributed by atoms with Crippen LogP contribution in [0.2, 0.25) is 0 Å². The van der Waals surface area contributed by atoms with Gasteiger partial charge in [-0.3, -0.25) is 4.79 Å². The molecule has 1 aromatic heterocycles. The van der Waals surface area contributed by atoms with Gasteiger partial charge < -0.3 is 11.1 Å². The first-order valence-corrected chi connectivity index (χ1v) is 8.92. The number of nitrogens with two attached hydrogens (primary N) is 1. The van der Waals surface area contributed by atoms with E-state index in [0.717, 1.165) is 28.4 Å². The number of aryl methyl sites for hydroxylation is 1. The second-order valence-electron chi connectivity index (χ2n) is 4.76. The SMILES string of the molecule is NC(=S)c1cccc(NC(=O)c2cc3c(s2)CCSC3)c1. The topological polar surface area (TPSA) is 55.1 Å². The summed E-state index contributed by atoms with van der Waals surface area (Å²) in [5.74, 6) is 2.08. The van der Waals surface area contributed by atoms with Crippen LogP contribution < -0.4 is 11.1 Å². The van der Waals surface area contributed by atoms with Crippen molar-refractivity contribution >= 4 is 51.9 Å². The van der Waals surface area contributed by atoms with E-state index < -0.39 is 0 Å². The van der Waals surface area contributed by atoms with E-state index in [1.54, 1.807) is 17.4 Å². The Balaban J connectivity index is 1.78. The average molecular weight is 334 g/mol. The van der Waals surface area contributed by atoms with Gasteiger partial charge in [0.1, 0.15) is 4.99 Å². The zero-order valence-electron chi connectivity index (χ0n) is 11.2. The van der Waals surface area contributed by atoms with Crippen LogP contribution in [-0.2, 0) is 12.2 Å². The van der Waals surface area contributed by atoms with Crippen molar-refractivity contribution in [1.82, 2.24) is 0 Å². The number of rotatable bonds is 3. The van der Waals surface area contributed by atoms with Crippen LogP contribution in [-0.4, -0.2) is 16.6 Å². The summed E-state index contributed by atoms with van der Waals surface area (Å²) < 4.78 is 0. The monoisotopic (exact) mass is 334 g/mol. The fourth-order valence-electron chi connectivity index (χ4n) is 2.20. The van der Waals surface area contributed by atoms with Crippen LogP contribution in [0.3, 0.4) is 0 Å². The molecule has 6 heteroatoms. The van der Waals surface area contributed by atoms with Gasteiger partial charge in [0.05, 0.1) is 4.88 Å². The number of fused-ring (bicyclic) bond motifs is 1. The molecule has 1 aliphatic heterocycles. The van der Waals surface area contributed by atoms with E-state index in [0.29, 0.717) is 10.7 Å². The quantitative estimate of drug-likeness (QED) is 0.845. The third kappa shape index (κ3) is 3.28. The van der Waals surface area contributed by atoms with Gasteiger partial charge in [0.15, 0.2) is 0 Å². The molecule has 0 spiro atoms. The maximum atomic E-state index is 12.3. The smallest absolute Gasteiger partial charge is 0.265 e. The van der Waals surface area contributed by atoms with Crippen molar-refractivity contribution in [2.24, 2.45) is 5.73 Å². The van der Waals surface area contributed by atoms with Gasteiger partial charge >= 0.3 is 0 Å². The molecule has 0 unspecified atom stereocenters. The van der Waals surface area contributed by atoms with Crippen molar-refractivity contribution < 1.29 is 4.79 Å². The third-order valence-corrected chi connectivity index (χ3v) is 5.74. The number of nitrogens with one attached hydrogen (secondary N) is 1. The normalized spacial score (nSPS) is 13.5. The van der Waals surface area contributed by atoms with Crippen LogP contribution in [0.25, 0.3) is 0 Å². The summed E-state index contributed by atoms with van der Waals surface area (Å²) in [6.07, 6.45) is 1.06. The Bertz CT molecular complexity index is 685.